The molecule has 1 nitrogen and oxygen atoms in total. The van der Waals surface area contributed by atoms with Crippen molar-refractivity contribution in [3.63, 3.8) is 0 Å². The van der Waals surface area contributed by atoms with Crippen molar-refractivity contribution in [1.29, 1.82) is 0 Å². The van der Waals surface area contributed by atoms with Crippen LogP contribution in [0.15, 0.2) is 35.9 Å². The third-order valence-electron chi connectivity index (χ3n) is 2.10. The Balaban J connectivity index is 0.00000196. The number of nitrogens with one attached hydrogen (secondary N) is 1. The van der Waals surface area contributed by atoms with Gasteiger partial charge in [0.2, 0.25) is 0 Å². The van der Waals surface area contributed by atoms with Crippen LogP contribution < -0.4 is 5.32 Å². The molecule has 15 heavy (non-hydrogen) atoms. The number of aryl methyl sites for hydroxylation is 1. The molecular weight excluding hydrogens is 206 g/mol. The Labute approximate surface area is 99.0 Å². The van der Waals surface area contributed by atoms with Crippen LogP contribution in [0, 0.1) is 6.92 Å². The fourth-order valence-electron chi connectivity index (χ4n) is 1.20. The molecule has 0 aliphatic rings. The average Bonchev–Trinajstić information content (AvgIpc) is 2.15. The molecule has 0 spiro atoms. The topological polar surface area (TPSA) is 12.0 Å². The molecule has 2 heteroatoms. The van der Waals surface area contributed by atoms with Crippen LogP contribution in [0.1, 0.15) is 25.0 Å². The van der Waals surface area contributed by atoms with Gasteiger partial charge in [0.25, 0.3) is 0 Å². The minimum atomic E-state index is 0. The van der Waals surface area contributed by atoms with Gasteiger partial charge in [-0.1, -0.05) is 41.5 Å². The number of allylic oxidation sites excluding steroid dienone is 1. The lowest BCUT2D eigenvalue weighted by molar-refractivity contribution is 0.757. The zero-order chi connectivity index (χ0) is 10.4. The van der Waals surface area contributed by atoms with Gasteiger partial charge in [0.1, 0.15) is 0 Å². The molecule has 84 valence electrons. The second-order valence-corrected chi connectivity index (χ2v) is 3.90. The summed E-state index contributed by atoms with van der Waals surface area (Å²) in [6.45, 7) is 8.25. The molecule has 0 heterocycles. The van der Waals surface area contributed by atoms with Crippen molar-refractivity contribution in [2.45, 2.75) is 27.3 Å². The zero-order valence-corrected chi connectivity index (χ0v) is 10.5. The van der Waals surface area contributed by atoms with Crippen molar-refractivity contribution >= 4 is 12.4 Å². The third-order valence-corrected chi connectivity index (χ3v) is 2.10. The standard InChI is InChI=1S/C13H19N.ClH/c1-11(2)8-9-14-10-13-6-4-12(3)5-7-13;/h4-8,14H,9-10H2,1-3H3;1H. The predicted octanol–water partition coefficient (Wildman–Crippen LogP) is 3.47. The maximum absolute atomic E-state index is 3.38. The summed E-state index contributed by atoms with van der Waals surface area (Å²) in [6, 6.07) is 8.64. The van der Waals surface area contributed by atoms with Crippen LogP contribution in [0.25, 0.3) is 0 Å². The molecular formula is C13H20ClN. The first-order valence-electron chi connectivity index (χ1n) is 5.08. The molecule has 0 aliphatic heterocycles. The maximum atomic E-state index is 3.38. The number of hydrogen-bond acceptors (Lipinski definition) is 1. The van der Waals surface area contributed by atoms with Gasteiger partial charge in [-0.05, 0) is 26.3 Å². The molecule has 1 N–H and O–H groups in total. The molecule has 0 aliphatic carbocycles. The molecule has 1 aromatic rings. The van der Waals surface area contributed by atoms with E-state index in [2.05, 4.69) is 56.4 Å². The van der Waals surface area contributed by atoms with E-state index in [1.807, 2.05) is 0 Å². The lowest BCUT2D eigenvalue weighted by Crippen LogP contribution is -2.12. The predicted molar refractivity (Wildman–Crippen MR) is 69.6 cm³/mol. The fraction of sp³-hybridized carbons (Fsp3) is 0.385. The van der Waals surface area contributed by atoms with Crippen molar-refractivity contribution in [3.8, 4) is 0 Å². The van der Waals surface area contributed by atoms with Gasteiger partial charge in [0, 0.05) is 13.1 Å². The quantitative estimate of drug-likeness (QED) is 0.611. The molecule has 0 saturated carbocycles. The summed E-state index contributed by atoms with van der Waals surface area (Å²) >= 11 is 0. The molecule has 0 amide bonds. The third kappa shape index (κ3) is 6.32. The molecule has 0 unspecified atom stereocenters. The number of rotatable bonds is 4. The highest BCUT2D eigenvalue weighted by atomic mass is 35.5. The van der Waals surface area contributed by atoms with Crippen molar-refractivity contribution < 1.29 is 0 Å². The van der Waals surface area contributed by atoms with Crippen LogP contribution >= 0.6 is 12.4 Å². The second kappa shape index (κ2) is 7.49. The molecule has 0 bridgehead atoms. The van der Waals surface area contributed by atoms with Crippen LogP contribution in [-0.4, -0.2) is 6.54 Å². The fourth-order valence-corrected chi connectivity index (χ4v) is 1.20. The van der Waals surface area contributed by atoms with Gasteiger partial charge < -0.3 is 5.32 Å². The van der Waals surface area contributed by atoms with Crippen molar-refractivity contribution in [1.82, 2.24) is 5.32 Å². The highest BCUT2D eigenvalue weighted by Gasteiger charge is 1.90. The van der Waals surface area contributed by atoms with E-state index in [0.29, 0.717) is 0 Å². The summed E-state index contributed by atoms with van der Waals surface area (Å²) in [7, 11) is 0. The Hall–Kier alpha value is -0.790. The van der Waals surface area contributed by atoms with Gasteiger partial charge in [-0.15, -0.1) is 12.4 Å². The normalized spacial score (nSPS) is 9.27. The van der Waals surface area contributed by atoms with E-state index >= 15 is 0 Å². The molecule has 1 rings (SSSR count). The van der Waals surface area contributed by atoms with Crippen LogP contribution in [0.4, 0.5) is 0 Å². The SMILES string of the molecule is CC(C)=CCNCc1ccc(C)cc1.Cl. The first-order chi connectivity index (χ1) is 6.68. The maximum Gasteiger partial charge on any atom is 0.0208 e. The van der Waals surface area contributed by atoms with Gasteiger partial charge in [-0.2, -0.15) is 0 Å². The van der Waals surface area contributed by atoms with Crippen molar-refractivity contribution in [2.24, 2.45) is 0 Å². The summed E-state index contributed by atoms with van der Waals surface area (Å²) in [5.41, 5.74) is 4.03. The van der Waals surface area contributed by atoms with Gasteiger partial charge in [-0.25, -0.2) is 0 Å². The van der Waals surface area contributed by atoms with Gasteiger partial charge >= 0.3 is 0 Å². The minimum Gasteiger partial charge on any atom is -0.309 e. The van der Waals surface area contributed by atoms with Gasteiger partial charge in [0.05, 0.1) is 0 Å². The molecule has 0 fully saturated rings. The van der Waals surface area contributed by atoms with Gasteiger partial charge in [0.15, 0.2) is 0 Å². The largest absolute Gasteiger partial charge is 0.309 e. The lowest BCUT2D eigenvalue weighted by Gasteiger charge is -2.02. The van der Waals surface area contributed by atoms with E-state index in [-0.39, 0.29) is 12.4 Å². The highest BCUT2D eigenvalue weighted by molar-refractivity contribution is 5.85. The van der Waals surface area contributed by atoms with E-state index in [1.165, 1.54) is 16.7 Å². The average molecular weight is 226 g/mol. The molecule has 0 atom stereocenters. The number of benzene rings is 1. The first-order valence-corrected chi connectivity index (χ1v) is 5.08. The van der Waals surface area contributed by atoms with Crippen LogP contribution in [0.3, 0.4) is 0 Å². The highest BCUT2D eigenvalue weighted by Crippen LogP contribution is 2.02. The molecule has 0 radical (unpaired) electrons. The van der Waals surface area contributed by atoms with Crippen molar-refractivity contribution in [2.75, 3.05) is 6.54 Å². The zero-order valence-electron chi connectivity index (χ0n) is 9.71. The molecule has 1 aromatic carbocycles. The second-order valence-electron chi connectivity index (χ2n) is 3.90. The summed E-state index contributed by atoms with van der Waals surface area (Å²) in [5, 5.41) is 3.38. The number of halogens is 1. The van der Waals surface area contributed by atoms with E-state index in [0.717, 1.165) is 13.1 Å². The summed E-state index contributed by atoms with van der Waals surface area (Å²) in [5.74, 6) is 0. The monoisotopic (exact) mass is 225 g/mol. The first kappa shape index (κ1) is 14.2. The van der Waals surface area contributed by atoms with E-state index in [9.17, 15) is 0 Å². The Bertz CT molecular complexity index is 297. The summed E-state index contributed by atoms with van der Waals surface area (Å²) < 4.78 is 0. The van der Waals surface area contributed by atoms with Gasteiger partial charge in [-0.3, -0.25) is 0 Å². The lowest BCUT2D eigenvalue weighted by atomic mass is 10.1. The Morgan fingerprint density at radius 1 is 1.20 bits per heavy atom. The smallest absolute Gasteiger partial charge is 0.0208 e. The Kier molecular flexibility index (Phi) is 7.10. The van der Waals surface area contributed by atoms with Crippen molar-refractivity contribution in [3.05, 3.63) is 47.0 Å². The Morgan fingerprint density at radius 2 is 1.80 bits per heavy atom. The summed E-state index contributed by atoms with van der Waals surface area (Å²) in [4.78, 5) is 0. The van der Waals surface area contributed by atoms with E-state index < -0.39 is 0 Å². The van der Waals surface area contributed by atoms with Crippen LogP contribution in [0.2, 0.25) is 0 Å². The van der Waals surface area contributed by atoms with Crippen LogP contribution in [0.5, 0.6) is 0 Å². The minimum absolute atomic E-state index is 0. The Morgan fingerprint density at radius 3 is 2.33 bits per heavy atom. The summed E-state index contributed by atoms with van der Waals surface area (Å²) in [6.07, 6.45) is 2.20. The van der Waals surface area contributed by atoms with Crippen LogP contribution in [-0.2, 0) is 6.54 Å². The molecule has 0 aromatic heterocycles. The number of hydrogen-bond donors (Lipinski definition) is 1. The van der Waals surface area contributed by atoms with E-state index in [4.69, 9.17) is 0 Å². The molecule has 0 saturated heterocycles. The van der Waals surface area contributed by atoms with E-state index in [1.54, 1.807) is 0 Å².